The van der Waals surface area contributed by atoms with Crippen LogP contribution in [0.1, 0.15) is 219 Å². The molecule has 65 heavy (non-hydrogen) atoms. The summed E-state index contributed by atoms with van der Waals surface area (Å²) in [5, 5.41) is 21.6. The Kier molecular flexibility index (Phi) is 42.8. The minimum Gasteiger partial charge on any atom is -0.550 e. The van der Waals surface area contributed by atoms with Crippen molar-refractivity contribution in [1.29, 1.82) is 0 Å². The summed E-state index contributed by atoms with van der Waals surface area (Å²) >= 11 is 0. The average molecular weight is 1030 g/mol. The molecule has 10 nitrogen and oxygen atoms in total. The van der Waals surface area contributed by atoms with E-state index in [0.29, 0.717) is 38.9 Å². The number of carboxylic acid groups (broad SMARTS) is 2. The van der Waals surface area contributed by atoms with Crippen molar-refractivity contribution in [2.45, 2.75) is 245 Å². The molecule has 0 saturated carbocycles. The topological polar surface area (TPSA) is 151 Å². The molecule has 0 fully saturated rings. The first-order chi connectivity index (χ1) is 31.0. The Morgan fingerprint density at radius 3 is 1.02 bits per heavy atom. The molecule has 0 amide bonds. The molecule has 11 heteroatoms. The minimum absolute atomic E-state index is 0. The largest absolute Gasteiger partial charge is 2.00 e. The molecule has 0 radical (unpaired) electrons. The Balaban J connectivity index is 0.00000124. The molecular weight excluding hydrogens is 946 g/mol. The summed E-state index contributed by atoms with van der Waals surface area (Å²) in [5.74, 6) is -2.54. The summed E-state index contributed by atoms with van der Waals surface area (Å²) in [4.78, 5) is 44.7. The van der Waals surface area contributed by atoms with Gasteiger partial charge in [0.05, 0.1) is 25.4 Å². The van der Waals surface area contributed by atoms with Gasteiger partial charge in [-0.15, -0.1) is 0 Å². The number of benzene rings is 2. The van der Waals surface area contributed by atoms with Crippen molar-refractivity contribution in [3.63, 3.8) is 0 Å². The summed E-state index contributed by atoms with van der Waals surface area (Å²) in [6.07, 6.45) is 26.8. The van der Waals surface area contributed by atoms with E-state index in [0.717, 1.165) is 62.5 Å². The van der Waals surface area contributed by atoms with E-state index in [1.54, 1.807) is 0 Å². The summed E-state index contributed by atoms with van der Waals surface area (Å²) in [5.41, 5.74) is 2.18. The van der Waals surface area contributed by atoms with Gasteiger partial charge in [0, 0.05) is 25.8 Å². The van der Waals surface area contributed by atoms with Crippen molar-refractivity contribution in [3.8, 4) is 0 Å². The SMILES string of the molecule is CCCCCCCCCCC(CCC(CCCC(=O)[O-])OCc1ccccc1)OC(C)=O.CCCCCCCCCCC(CCC(CCCC(=O)[O-])OCc1ccccc1)OC(C)=O.[Ba+2]. The summed E-state index contributed by atoms with van der Waals surface area (Å²) in [6.45, 7) is 8.37. The van der Waals surface area contributed by atoms with E-state index >= 15 is 0 Å². The van der Waals surface area contributed by atoms with Gasteiger partial charge in [-0.1, -0.05) is 164 Å². The predicted molar refractivity (Wildman–Crippen MR) is 258 cm³/mol. The Labute approximate surface area is 434 Å². The third-order valence-corrected chi connectivity index (χ3v) is 11.5. The molecule has 2 rings (SSSR count). The Morgan fingerprint density at radius 1 is 0.415 bits per heavy atom. The van der Waals surface area contributed by atoms with Crippen LogP contribution in [0.2, 0.25) is 0 Å². The monoisotopic (exact) mass is 1030 g/mol. The van der Waals surface area contributed by atoms with E-state index in [2.05, 4.69) is 13.8 Å². The molecule has 0 bridgehead atoms. The van der Waals surface area contributed by atoms with Gasteiger partial charge in [-0.25, -0.2) is 0 Å². The predicted octanol–water partition coefficient (Wildman–Crippen LogP) is 11.1. The van der Waals surface area contributed by atoms with Crippen LogP contribution in [-0.2, 0) is 51.3 Å². The number of carbonyl (C=O) groups excluding carboxylic acids is 4. The van der Waals surface area contributed by atoms with Crippen LogP contribution in [0.3, 0.4) is 0 Å². The molecular formula is C54H86BaO10. The molecule has 0 spiro atoms. The van der Waals surface area contributed by atoms with Gasteiger partial charge in [0.2, 0.25) is 0 Å². The van der Waals surface area contributed by atoms with Crippen LogP contribution in [0.25, 0.3) is 0 Å². The van der Waals surface area contributed by atoms with Crippen LogP contribution < -0.4 is 10.2 Å². The Morgan fingerprint density at radius 2 is 0.708 bits per heavy atom. The molecule has 4 unspecified atom stereocenters. The van der Waals surface area contributed by atoms with Gasteiger partial charge >= 0.3 is 60.8 Å². The van der Waals surface area contributed by atoms with Crippen LogP contribution in [-0.4, -0.2) is 97.2 Å². The molecule has 0 heterocycles. The number of esters is 2. The zero-order valence-electron chi connectivity index (χ0n) is 41.1. The molecule has 4 atom stereocenters. The van der Waals surface area contributed by atoms with E-state index in [1.165, 1.54) is 104 Å². The Bertz CT molecular complexity index is 1320. The maximum Gasteiger partial charge on any atom is 2.00 e. The second kappa shape index (κ2) is 44.3. The van der Waals surface area contributed by atoms with Crippen molar-refractivity contribution in [2.75, 3.05) is 0 Å². The number of ether oxygens (including phenoxy) is 4. The third-order valence-electron chi connectivity index (χ3n) is 11.5. The fraction of sp³-hybridized carbons (Fsp3) is 0.704. The van der Waals surface area contributed by atoms with Crippen molar-refractivity contribution < 1.29 is 48.3 Å². The second-order valence-corrected chi connectivity index (χ2v) is 17.5. The van der Waals surface area contributed by atoms with Gasteiger partial charge in [-0.2, -0.15) is 0 Å². The van der Waals surface area contributed by atoms with Gasteiger partial charge in [0.15, 0.2) is 0 Å². The second-order valence-electron chi connectivity index (χ2n) is 17.5. The first-order valence-electron chi connectivity index (χ1n) is 25.1. The van der Waals surface area contributed by atoms with Gasteiger partial charge in [0.1, 0.15) is 12.2 Å². The fourth-order valence-corrected chi connectivity index (χ4v) is 7.90. The van der Waals surface area contributed by atoms with E-state index in [1.807, 2.05) is 60.7 Å². The normalized spacial score (nSPS) is 12.7. The number of hydrogen-bond acceptors (Lipinski definition) is 10. The molecule has 0 aromatic heterocycles. The number of carboxylic acids is 2. The van der Waals surface area contributed by atoms with Crippen molar-refractivity contribution in [2.24, 2.45) is 0 Å². The van der Waals surface area contributed by atoms with E-state index in [9.17, 15) is 29.4 Å². The van der Waals surface area contributed by atoms with Crippen LogP contribution in [0.5, 0.6) is 0 Å². The van der Waals surface area contributed by atoms with Crippen LogP contribution in [0.4, 0.5) is 0 Å². The molecule has 0 saturated heterocycles. The van der Waals surface area contributed by atoms with Crippen molar-refractivity contribution in [1.82, 2.24) is 0 Å². The van der Waals surface area contributed by atoms with Gasteiger partial charge < -0.3 is 38.7 Å². The van der Waals surface area contributed by atoms with Gasteiger partial charge in [-0.05, 0) is 101 Å². The zero-order valence-corrected chi connectivity index (χ0v) is 45.5. The average Bonchev–Trinajstić information content (AvgIpc) is 3.27. The molecule has 0 aliphatic carbocycles. The molecule has 2 aromatic rings. The molecule has 0 N–H and O–H groups in total. The summed E-state index contributed by atoms with van der Waals surface area (Å²) in [6, 6.07) is 19.9. The number of unbranched alkanes of at least 4 members (excludes halogenated alkanes) is 14. The number of carbonyl (C=O) groups is 4. The van der Waals surface area contributed by atoms with Gasteiger partial charge in [0.25, 0.3) is 0 Å². The first-order valence-corrected chi connectivity index (χ1v) is 25.1. The summed E-state index contributed by atoms with van der Waals surface area (Å²) in [7, 11) is 0. The number of hydrogen-bond donors (Lipinski definition) is 0. The van der Waals surface area contributed by atoms with E-state index < -0.39 is 11.9 Å². The Hall–Kier alpha value is -2.19. The quantitative estimate of drug-likeness (QED) is 0.0358. The maximum atomic E-state index is 11.6. The molecule has 2 aromatic carbocycles. The van der Waals surface area contributed by atoms with Crippen LogP contribution >= 0.6 is 0 Å². The van der Waals surface area contributed by atoms with Crippen molar-refractivity contribution in [3.05, 3.63) is 71.8 Å². The van der Waals surface area contributed by atoms with Gasteiger partial charge in [-0.3, -0.25) is 9.59 Å². The zero-order chi connectivity index (χ0) is 46.9. The van der Waals surface area contributed by atoms with E-state index in [-0.39, 0.29) is 98.1 Å². The third kappa shape index (κ3) is 40.6. The van der Waals surface area contributed by atoms with Crippen LogP contribution in [0, 0.1) is 0 Å². The van der Waals surface area contributed by atoms with E-state index in [4.69, 9.17) is 18.9 Å². The standard InChI is InChI=1S/2C27H44O5.Ba/c2*1-3-4-5-6-7-8-9-13-17-26(32-23(2)28)21-20-25(18-14-19-27(29)30)31-22-24-15-11-10-12-16-24;/h2*10-12,15-16,25-26H,3-9,13-14,17-22H2,1-2H3,(H,29,30);/q;;+2/p-2. The minimum atomic E-state index is -1.03. The smallest absolute Gasteiger partial charge is 0.550 e. The molecule has 0 aliphatic rings. The molecule has 0 aliphatic heterocycles. The number of rotatable bonds is 40. The van der Waals surface area contributed by atoms with Crippen molar-refractivity contribution >= 4 is 72.8 Å². The number of aliphatic carboxylic acids is 2. The molecule has 364 valence electrons. The van der Waals surface area contributed by atoms with Crippen LogP contribution in [0.15, 0.2) is 60.7 Å². The summed E-state index contributed by atoms with van der Waals surface area (Å²) < 4.78 is 23.3. The maximum absolute atomic E-state index is 11.6. The first kappa shape index (κ1) is 62.8. The fourth-order valence-electron chi connectivity index (χ4n) is 7.90.